The Kier molecular flexibility index (Phi) is 5.04. The lowest BCUT2D eigenvalue weighted by molar-refractivity contribution is -0.147. The van der Waals surface area contributed by atoms with Gasteiger partial charge in [0.1, 0.15) is 0 Å². The van der Waals surface area contributed by atoms with Crippen molar-refractivity contribution >= 4 is 5.97 Å². The summed E-state index contributed by atoms with van der Waals surface area (Å²) in [4.78, 5) is 11.4. The topological polar surface area (TPSA) is 46.5 Å². The fraction of sp³-hybridized carbons (Fsp3) is 0.933. The molecule has 2 rings (SSSR count). The van der Waals surface area contributed by atoms with Gasteiger partial charge in [0.05, 0.1) is 5.92 Å². The fourth-order valence-electron chi connectivity index (χ4n) is 3.94. The summed E-state index contributed by atoms with van der Waals surface area (Å²) in [6, 6.07) is 0. The van der Waals surface area contributed by atoms with Crippen LogP contribution >= 0.6 is 0 Å². The van der Waals surface area contributed by atoms with Crippen LogP contribution in [-0.2, 0) is 9.53 Å². The second-order valence-electron chi connectivity index (χ2n) is 6.03. The van der Waals surface area contributed by atoms with Crippen LogP contribution in [0.2, 0.25) is 0 Å². The van der Waals surface area contributed by atoms with Crippen molar-refractivity contribution in [1.29, 1.82) is 0 Å². The first-order valence-corrected chi connectivity index (χ1v) is 7.53. The summed E-state index contributed by atoms with van der Waals surface area (Å²) in [5.74, 6) is 1.08. The third kappa shape index (κ3) is 3.25. The lowest BCUT2D eigenvalue weighted by Gasteiger charge is -2.40. The maximum atomic E-state index is 11.4. The normalized spacial score (nSPS) is 34.4. The monoisotopic (exact) mass is 254 g/mol. The Bertz CT molecular complexity index is 271. The summed E-state index contributed by atoms with van der Waals surface area (Å²) < 4.78 is 5.41. The summed E-state index contributed by atoms with van der Waals surface area (Å²) in [6.07, 6.45) is 7.76. The van der Waals surface area contributed by atoms with E-state index in [4.69, 9.17) is 4.74 Å². The van der Waals surface area contributed by atoms with Gasteiger partial charge in [-0.3, -0.25) is 4.79 Å². The molecule has 0 spiro atoms. The van der Waals surface area contributed by atoms with Crippen molar-refractivity contribution in [3.63, 3.8) is 0 Å². The lowest BCUT2D eigenvalue weighted by Crippen LogP contribution is -2.37. The number of rotatable bonds is 4. The molecular weight excluding hydrogens is 228 g/mol. The molecule has 3 unspecified atom stereocenters. The zero-order valence-electron chi connectivity index (χ0n) is 11.4. The Morgan fingerprint density at radius 1 is 1.22 bits per heavy atom. The summed E-state index contributed by atoms with van der Waals surface area (Å²) in [5, 5.41) is 9.42. The molecule has 1 heterocycles. The standard InChI is InChI=1S/C15H26O3/c1-2-3-11-4-5-13(15(16)17)14(10-11)12-6-8-18-9-7-12/h11-14H,2-10H2,1H3,(H,16,17). The molecular formula is C15H26O3. The van der Waals surface area contributed by atoms with Crippen molar-refractivity contribution in [2.24, 2.45) is 23.7 Å². The first-order chi connectivity index (χ1) is 8.72. The first kappa shape index (κ1) is 13.9. The van der Waals surface area contributed by atoms with Crippen molar-refractivity contribution in [2.75, 3.05) is 13.2 Å². The van der Waals surface area contributed by atoms with Crippen LogP contribution in [0, 0.1) is 23.7 Å². The zero-order valence-corrected chi connectivity index (χ0v) is 11.4. The minimum absolute atomic E-state index is 0.0961. The van der Waals surface area contributed by atoms with E-state index in [1.54, 1.807) is 0 Å². The number of carbonyl (C=O) groups is 1. The lowest BCUT2D eigenvalue weighted by atomic mass is 9.66. The quantitative estimate of drug-likeness (QED) is 0.837. The molecule has 1 aliphatic heterocycles. The summed E-state index contributed by atoms with van der Waals surface area (Å²) in [7, 11) is 0. The second-order valence-corrected chi connectivity index (χ2v) is 6.03. The highest BCUT2D eigenvalue weighted by Gasteiger charge is 2.39. The predicted molar refractivity (Wildman–Crippen MR) is 70.4 cm³/mol. The van der Waals surface area contributed by atoms with Gasteiger partial charge in [0, 0.05) is 13.2 Å². The molecule has 1 saturated heterocycles. The molecule has 18 heavy (non-hydrogen) atoms. The summed E-state index contributed by atoms with van der Waals surface area (Å²) >= 11 is 0. The molecule has 0 aromatic carbocycles. The highest BCUT2D eigenvalue weighted by molar-refractivity contribution is 5.70. The van der Waals surface area contributed by atoms with E-state index in [9.17, 15) is 9.90 Å². The fourth-order valence-corrected chi connectivity index (χ4v) is 3.94. The highest BCUT2D eigenvalue weighted by Crippen LogP contribution is 2.43. The summed E-state index contributed by atoms with van der Waals surface area (Å²) in [6.45, 7) is 3.88. The third-order valence-electron chi connectivity index (χ3n) is 4.89. The third-order valence-corrected chi connectivity index (χ3v) is 4.89. The average Bonchev–Trinajstić information content (AvgIpc) is 2.40. The van der Waals surface area contributed by atoms with Crippen molar-refractivity contribution in [3.05, 3.63) is 0 Å². The van der Waals surface area contributed by atoms with E-state index in [0.717, 1.165) is 51.2 Å². The minimum atomic E-state index is -0.568. The van der Waals surface area contributed by atoms with Gasteiger partial charge >= 0.3 is 5.97 Å². The molecule has 0 aromatic heterocycles. The Labute approximate surface area is 110 Å². The summed E-state index contributed by atoms with van der Waals surface area (Å²) in [5.41, 5.74) is 0. The van der Waals surface area contributed by atoms with Gasteiger partial charge < -0.3 is 9.84 Å². The van der Waals surface area contributed by atoms with E-state index in [1.807, 2.05) is 0 Å². The van der Waals surface area contributed by atoms with Crippen LogP contribution in [0.5, 0.6) is 0 Å². The highest BCUT2D eigenvalue weighted by atomic mass is 16.5. The van der Waals surface area contributed by atoms with E-state index in [1.165, 1.54) is 12.8 Å². The van der Waals surface area contributed by atoms with Gasteiger partial charge in [-0.2, -0.15) is 0 Å². The number of hydrogen-bond donors (Lipinski definition) is 1. The number of carboxylic acids is 1. The van der Waals surface area contributed by atoms with Gasteiger partial charge in [0.15, 0.2) is 0 Å². The molecule has 2 aliphatic rings. The van der Waals surface area contributed by atoms with Crippen molar-refractivity contribution in [3.8, 4) is 0 Å². The van der Waals surface area contributed by atoms with Crippen LogP contribution in [0.1, 0.15) is 51.9 Å². The predicted octanol–water partition coefficient (Wildman–Crippen LogP) is 3.33. The van der Waals surface area contributed by atoms with Gasteiger partial charge in [-0.05, 0) is 49.9 Å². The van der Waals surface area contributed by atoms with Gasteiger partial charge in [-0.15, -0.1) is 0 Å². The van der Waals surface area contributed by atoms with Crippen LogP contribution in [0.4, 0.5) is 0 Å². The molecule has 3 nitrogen and oxygen atoms in total. The van der Waals surface area contributed by atoms with E-state index in [-0.39, 0.29) is 5.92 Å². The Morgan fingerprint density at radius 3 is 2.56 bits per heavy atom. The second kappa shape index (κ2) is 6.55. The molecule has 0 aromatic rings. The SMILES string of the molecule is CCCC1CCC(C(=O)O)C(C2CCOCC2)C1. The Hall–Kier alpha value is -0.570. The van der Waals surface area contributed by atoms with Gasteiger partial charge in [0.25, 0.3) is 0 Å². The molecule has 0 bridgehead atoms. The van der Waals surface area contributed by atoms with Gasteiger partial charge in [-0.1, -0.05) is 19.8 Å². The molecule has 1 N–H and O–H groups in total. The average molecular weight is 254 g/mol. The maximum absolute atomic E-state index is 11.4. The number of aliphatic carboxylic acids is 1. The Balaban J connectivity index is 2.01. The van der Waals surface area contributed by atoms with E-state index in [2.05, 4.69) is 6.92 Å². The van der Waals surface area contributed by atoms with Crippen molar-refractivity contribution in [2.45, 2.75) is 51.9 Å². The van der Waals surface area contributed by atoms with Crippen molar-refractivity contribution < 1.29 is 14.6 Å². The molecule has 3 heteroatoms. The molecule has 3 atom stereocenters. The van der Waals surface area contributed by atoms with E-state index < -0.39 is 5.97 Å². The molecule has 1 saturated carbocycles. The van der Waals surface area contributed by atoms with Crippen LogP contribution in [0.15, 0.2) is 0 Å². The minimum Gasteiger partial charge on any atom is -0.481 e. The molecule has 0 amide bonds. The molecule has 104 valence electrons. The largest absolute Gasteiger partial charge is 0.481 e. The van der Waals surface area contributed by atoms with E-state index in [0.29, 0.717) is 11.8 Å². The number of hydrogen-bond acceptors (Lipinski definition) is 2. The van der Waals surface area contributed by atoms with Crippen LogP contribution in [0.3, 0.4) is 0 Å². The Morgan fingerprint density at radius 2 is 1.94 bits per heavy atom. The van der Waals surface area contributed by atoms with Crippen molar-refractivity contribution in [1.82, 2.24) is 0 Å². The van der Waals surface area contributed by atoms with Crippen LogP contribution in [0.25, 0.3) is 0 Å². The molecule has 2 fully saturated rings. The smallest absolute Gasteiger partial charge is 0.306 e. The van der Waals surface area contributed by atoms with Gasteiger partial charge in [-0.25, -0.2) is 0 Å². The molecule has 1 aliphatic carbocycles. The van der Waals surface area contributed by atoms with Crippen LogP contribution < -0.4 is 0 Å². The van der Waals surface area contributed by atoms with Crippen LogP contribution in [-0.4, -0.2) is 24.3 Å². The number of ether oxygens (including phenoxy) is 1. The maximum Gasteiger partial charge on any atom is 0.306 e. The molecule has 0 radical (unpaired) electrons. The van der Waals surface area contributed by atoms with E-state index >= 15 is 0 Å². The van der Waals surface area contributed by atoms with Gasteiger partial charge in [0.2, 0.25) is 0 Å². The number of carboxylic acid groups (broad SMARTS) is 1. The first-order valence-electron chi connectivity index (χ1n) is 7.53. The zero-order chi connectivity index (χ0) is 13.0.